The van der Waals surface area contributed by atoms with Gasteiger partial charge in [-0.2, -0.15) is 0 Å². The van der Waals surface area contributed by atoms with Crippen LogP contribution in [-0.2, 0) is 0 Å². The molecule has 0 saturated heterocycles. The highest BCUT2D eigenvalue weighted by molar-refractivity contribution is 7.98. The molecule has 22 heavy (non-hydrogen) atoms. The van der Waals surface area contributed by atoms with Gasteiger partial charge < -0.3 is 21.9 Å². The Balaban J connectivity index is 0.000000366. The first-order valence-corrected chi connectivity index (χ1v) is 8.29. The Morgan fingerprint density at radius 1 is 0.909 bits per heavy atom. The van der Waals surface area contributed by atoms with Crippen molar-refractivity contribution in [2.75, 3.05) is 30.6 Å². The molecule has 0 heterocycles. The summed E-state index contributed by atoms with van der Waals surface area (Å²) in [6.07, 6.45) is 2.05. The molecule has 0 aliphatic heterocycles. The maximum Gasteiger partial charge on any atom is 0.143 e. The lowest BCUT2D eigenvalue weighted by atomic mass is 10.2. The molecule has 0 aliphatic rings. The number of nitrogen functional groups attached to an aromatic ring is 3. The van der Waals surface area contributed by atoms with Crippen molar-refractivity contribution in [3.63, 3.8) is 0 Å². The van der Waals surface area contributed by atoms with Gasteiger partial charge in [0.2, 0.25) is 0 Å². The molecular formula is C17H27N3OS. The van der Waals surface area contributed by atoms with E-state index in [-0.39, 0.29) is 0 Å². The first kappa shape index (κ1) is 20.0. The zero-order valence-corrected chi connectivity index (χ0v) is 14.8. The Hall–Kier alpha value is -2.01. The van der Waals surface area contributed by atoms with E-state index in [0.717, 1.165) is 11.3 Å². The van der Waals surface area contributed by atoms with Gasteiger partial charge in [-0.15, -0.1) is 11.8 Å². The second-order valence-electron chi connectivity index (χ2n) is 4.22. The van der Waals surface area contributed by atoms with Crippen molar-refractivity contribution in [3.8, 4) is 5.75 Å². The number of thioether (sulfide) groups is 1. The number of hydrogen-bond donors (Lipinski definition) is 3. The highest BCUT2D eigenvalue weighted by Crippen LogP contribution is 2.26. The van der Waals surface area contributed by atoms with Gasteiger partial charge in [-0.25, -0.2) is 0 Å². The molecular weight excluding hydrogens is 294 g/mol. The van der Waals surface area contributed by atoms with Crippen molar-refractivity contribution in [1.29, 1.82) is 0 Å². The summed E-state index contributed by atoms with van der Waals surface area (Å²) in [5.74, 6) is 0.633. The zero-order valence-electron chi connectivity index (χ0n) is 14.0. The molecule has 5 heteroatoms. The van der Waals surface area contributed by atoms with Crippen molar-refractivity contribution < 1.29 is 4.74 Å². The van der Waals surface area contributed by atoms with Gasteiger partial charge in [-0.05, 0) is 49.1 Å². The Morgan fingerprint density at radius 2 is 1.45 bits per heavy atom. The smallest absolute Gasteiger partial charge is 0.143 e. The van der Waals surface area contributed by atoms with Gasteiger partial charge in [0.1, 0.15) is 5.75 Å². The number of aryl methyl sites for hydroxylation is 1. The third-order valence-corrected chi connectivity index (χ3v) is 3.48. The van der Waals surface area contributed by atoms with Crippen molar-refractivity contribution in [2.45, 2.75) is 25.7 Å². The molecule has 2 rings (SSSR count). The van der Waals surface area contributed by atoms with Gasteiger partial charge in [0.05, 0.1) is 12.8 Å². The zero-order chi connectivity index (χ0) is 17.1. The van der Waals surface area contributed by atoms with E-state index in [1.807, 2.05) is 51.3 Å². The summed E-state index contributed by atoms with van der Waals surface area (Å²) in [4.78, 5) is 1.25. The number of rotatable bonds is 2. The Morgan fingerprint density at radius 3 is 1.91 bits per heavy atom. The quantitative estimate of drug-likeness (QED) is 0.570. The van der Waals surface area contributed by atoms with Crippen molar-refractivity contribution >= 4 is 28.8 Å². The summed E-state index contributed by atoms with van der Waals surface area (Å²) in [6, 6.07) is 11.4. The summed E-state index contributed by atoms with van der Waals surface area (Å²) < 4.78 is 4.98. The maximum absolute atomic E-state index is 5.63. The van der Waals surface area contributed by atoms with Crippen LogP contribution in [0.2, 0.25) is 0 Å². The van der Waals surface area contributed by atoms with E-state index < -0.39 is 0 Å². The maximum atomic E-state index is 5.63. The van der Waals surface area contributed by atoms with Gasteiger partial charge in [0, 0.05) is 22.3 Å². The Kier molecular flexibility index (Phi) is 9.70. The third-order valence-electron chi connectivity index (χ3n) is 2.73. The van der Waals surface area contributed by atoms with Crippen LogP contribution in [0.5, 0.6) is 5.75 Å². The van der Waals surface area contributed by atoms with Crippen molar-refractivity contribution in [3.05, 3.63) is 42.0 Å². The molecule has 0 amide bonds. The predicted molar refractivity (Wildman–Crippen MR) is 101 cm³/mol. The van der Waals surface area contributed by atoms with Crippen LogP contribution in [-0.4, -0.2) is 13.4 Å². The normalized spacial score (nSPS) is 8.95. The molecule has 0 unspecified atom stereocenters. The minimum atomic E-state index is 0.624. The van der Waals surface area contributed by atoms with Gasteiger partial charge in [0.15, 0.2) is 0 Å². The van der Waals surface area contributed by atoms with Crippen LogP contribution in [0.3, 0.4) is 0 Å². The molecule has 122 valence electrons. The standard InChI is InChI=1S/C8H12N2O.C7H9NS.C2H6/c1-5-3-7(10)8(11-2)4-6(5)9;1-9-7-4-2-6(8)3-5-7;1-2/h3-4H,9-10H2,1-2H3;2-5H,8H2,1H3;1-2H3. The molecule has 4 nitrogen and oxygen atoms in total. The monoisotopic (exact) mass is 321 g/mol. The average molecular weight is 321 g/mol. The molecule has 2 aromatic carbocycles. The molecule has 0 saturated carbocycles. The van der Waals surface area contributed by atoms with Gasteiger partial charge in [-0.1, -0.05) is 13.8 Å². The SMILES string of the molecule is CC.COc1cc(N)c(C)cc1N.CSc1ccc(N)cc1. The van der Waals surface area contributed by atoms with E-state index >= 15 is 0 Å². The summed E-state index contributed by atoms with van der Waals surface area (Å²) in [5.41, 5.74) is 19.9. The second-order valence-corrected chi connectivity index (χ2v) is 5.10. The number of hydrogen-bond acceptors (Lipinski definition) is 5. The van der Waals surface area contributed by atoms with Gasteiger partial charge in [0.25, 0.3) is 0 Å². The molecule has 0 aliphatic carbocycles. The van der Waals surface area contributed by atoms with E-state index in [9.17, 15) is 0 Å². The second kappa shape index (κ2) is 10.7. The van der Waals surface area contributed by atoms with Crippen LogP contribution in [0.25, 0.3) is 0 Å². The summed E-state index contributed by atoms with van der Waals surface area (Å²) in [5, 5.41) is 0. The number of anilines is 3. The first-order valence-electron chi connectivity index (χ1n) is 7.07. The van der Waals surface area contributed by atoms with Crippen molar-refractivity contribution in [2.24, 2.45) is 0 Å². The number of benzene rings is 2. The fourth-order valence-corrected chi connectivity index (χ4v) is 1.92. The minimum absolute atomic E-state index is 0.624. The van der Waals surface area contributed by atoms with Crippen LogP contribution in [0.1, 0.15) is 19.4 Å². The lowest BCUT2D eigenvalue weighted by Crippen LogP contribution is -1.96. The number of nitrogens with two attached hydrogens (primary N) is 3. The van der Waals surface area contributed by atoms with Crippen LogP contribution in [0.4, 0.5) is 17.1 Å². The van der Waals surface area contributed by atoms with E-state index in [2.05, 4.69) is 0 Å². The summed E-state index contributed by atoms with van der Waals surface area (Å²) in [7, 11) is 1.57. The lowest BCUT2D eigenvalue weighted by Gasteiger charge is -2.06. The third kappa shape index (κ3) is 6.63. The fraction of sp³-hybridized carbons (Fsp3) is 0.294. The van der Waals surface area contributed by atoms with E-state index in [1.165, 1.54) is 4.90 Å². The fourth-order valence-electron chi connectivity index (χ4n) is 1.51. The molecule has 6 N–H and O–H groups in total. The molecule has 0 radical (unpaired) electrons. The molecule has 2 aromatic rings. The number of methoxy groups -OCH3 is 1. The van der Waals surface area contributed by atoms with E-state index in [0.29, 0.717) is 17.1 Å². The first-order chi connectivity index (χ1) is 10.5. The number of ether oxygens (including phenoxy) is 1. The topological polar surface area (TPSA) is 87.3 Å². The average Bonchev–Trinajstić information content (AvgIpc) is 2.54. The minimum Gasteiger partial charge on any atom is -0.495 e. The Labute approximate surface area is 138 Å². The van der Waals surface area contributed by atoms with E-state index in [4.69, 9.17) is 21.9 Å². The lowest BCUT2D eigenvalue weighted by molar-refractivity contribution is 0.417. The molecule has 0 atom stereocenters. The summed E-state index contributed by atoms with van der Waals surface area (Å²) >= 11 is 1.72. The van der Waals surface area contributed by atoms with Crippen LogP contribution in [0, 0.1) is 6.92 Å². The molecule has 0 bridgehead atoms. The molecule has 0 spiro atoms. The van der Waals surface area contributed by atoms with Gasteiger partial charge >= 0.3 is 0 Å². The predicted octanol–water partition coefficient (Wildman–Crippen LogP) is 4.18. The highest BCUT2D eigenvalue weighted by Gasteiger charge is 2.01. The van der Waals surface area contributed by atoms with Crippen LogP contribution >= 0.6 is 11.8 Å². The highest BCUT2D eigenvalue weighted by atomic mass is 32.2. The molecule has 0 aromatic heterocycles. The van der Waals surface area contributed by atoms with Gasteiger partial charge in [-0.3, -0.25) is 0 Å². The molecule has 0 fully saturated rings. The van der Waals surface area contributed by atoms with E-state index in [1.54, 1.807) is 31.0 Å². The van der Waals surface area contributed by atoms with Crippen LogP contribution < -0.4 is 21.9 Å². The summed E-state index contributed by atoms with van der Waals surface area (Å²) in [6.45, 7) is 5.91. The van der Waals surface area contributed by atoms with Crippen molar-refractivity contribution in [1.82, 2.24) is 0 Å². The largest absolute Gasteiger partial charge is 0.495 e. The Bertz CT molecular complexity index is 557. The van der Waals surface area contributed by atoms with Crippen LogP contribution in [0.15, 0.2) is 41.3 Å².